The summed E-state index contributed by atoms with van der Waals surface area (Å²) in [6, 6.07) is 14.7. The van der Waals surface area contributed by atoms with Gasteiger partial charge in [0.1, 0.15) is 5.75 Å². The lowest BCUT2D eigenvalue weighted by Crippen LogP contribution is -2.12. The molecule has 26 heavy (non-hydrogen) atoms. The maximum Gasteiger partial charge on any atom is 0.257 e. The van der Waals surface area contributed by atoms with Gasteiger partial charge in [0.15, 0.2) is 0 Å². The predicted molar refractivity (Wildman–Crippen MR) is 105 cm³/mol. The number of hydrogen-bond donors (Lipinski definition) is 2. The molecule has 5 nitrogen and oxygen atoms in total. The predicted octanol–water partition coefficient (Wildman–Crippen LogP) is 5.05. The van der Waals surface area contributed by atoms with Crippen LogP contribution in [0.1, 0.15) is 15.9 Å². The maximum atomic E-state index is 12.5. The van der Waals surface area contributed by atoms with Gasteiger partial charge < -0.3 is 15.4 Å². The summed E-state index contributed by atoms with van der Waals surface area (Å²) in [5, 5.41) is 6.51. The number of benzene rings is 2. The molecule has 0 unspecified atom stereocenters. The first-order chi connectivity index (χ1) is 12.6. The second-order valence-corrected chi connectivity index (χ2v) is 6.11. The minimum absolute atomic E-state index is 0.271. The van der Waals surface area contributed by atoms with Crippen LogP contribution in [0, 0.1) is 6.92 Å². The second-order valence-electron chi connectivity index (χ2n) is 5.71. The van der Waals surface area contributed by atoms with Gasteiger partial charge in [-0.25, -0.2) is 0 Å². The first-order valence-electron chi connectivity index (χ1n) is 7.99. The van der Waals surface area contributed by atoms with Gasteiger partial charge in [0.05, 0.1) is 29.6 Å². The minimum Gasteiger partial charge on any atom is -0.495 e. The molecule has 0 atom stereocenters. The van der Waals surface area contributed by atoms with Gasteiger partial charge in [-0.3, -0.25) is 9.78 Å². The number of aryl methyl sites for hydroxylation is 1. The van der Waals surface area contributed by atoms with Crippen LogP contribution in [0.5, 0.6) is 5.75 Å². The van der Waals surface area contributed by atoms with Crippen molar-refractivity contribution >= 4 is 34.6 Å². The van der Waals surface area contributed by atoms with E-state index in [1.54, 1.807) is 30.5 Å². The molecule has 3 rings (SSSR count). The van der Waals surface area contributed by atoms with Crippen LogP contribution in [-0.4, -0.2) is 18.0 Å². The highest BCUT2D eigenvalue weighted by atomic mass is 35.5. The SMILES string of the molecule is COc1ccc(NC(=O)c2cncc(Nc3ccccc3C)c2)cc1Cl. The van der Waals surface area contributed by atoms with Gasteiger partial charge in [-0.1, -0.05) is 29.8 Å². The van der Waals surface area contributed by atoms with Gasteiger partial charge in [0.2, 0.25) is 0 Å². The molecule has 1 aromatic heterocycles. The number of methoxy groups -OCH3 is 1. The van der Waals surface area contributed by atoms with Crippen molar-refractivity contribution in [1.82, 2.24) is 4.98 Å². The average molecular weight is 368 g/mol. The summed E-state index contributed by atoms with van der Waals surface area (Å²) in [4.78, 5) is 16.6. The summed E-state index contributed by atoms with van der Waals surface area (Å²) in [5.74, 6) is 0.280. The zero-order valence-electron chi connectivity index (χ0n) is 14.4. The Balaban J connectivity index is 1.76. The van der Waals surface area contributed by atoms with Crippen molar-refractivity contribution in [3.8, 4) is 5.75 Å². The number of aromatic nitrogens is 1. The highest BCUT2D eigenvalue weighted by Crippen LogP contribution is 2.27. The minimum atomic E-state index is -0.271. The first kappa shape index (κ1) is 17.8. The van der Waals surface area contributed by atoms with E-state index in [1.807, 2.05) is 31.2 Å². The van der Waals surface area contributed by atoms with Crippen molar-refractivity contribution in [1.29, 1.82) is 0 Å². The lowest BCUT2D eigenvalue weighted by molar-refractivity contribution is 0.102. The monoisotopic (exact) mass is 367 g/mol. The fourth-order valence-corrected chi connectivity index (χ4v) is 2.71. The third kappa shape index (κ3) is 4.13. The average Bonchev–Trinajstić information content (AvgIpc) is 2.64. The summed E-state index contributed by atoms with van der Waals surface area (Å²) in [6.07, 6.45) is 3.19. The molecule has 0 radical (unpaired) electrons. The lowest BCUT2D eigenvalue weighted by Gasteiger charge is -2.11. The number of nitrogens with one attached hydrogen (secondary N) is 2. The third-order valence-electron chi connectivity index (χ3n) is 3.83. The van der Waals surface area contributed by atoms with Gasteiger partial charge >= 0.3 is 0 Å². The van der Waals surface area contributed by atoms with E-state index in [-0.39, 0.29) is 5.91 Å². The van der Waals surface area contributed by atoms with Crippen LogP contribution in [-0.2, 0) is 0 Å². The molecule has 2 aromatic carbocycles. The quantitative estimate of drug-likeness (QED) is 0.662. The normalized spacial score (nSPS) is 10.3. The van der Waals surface area contributed by atoms with E-state index >= 15 is 0 Å². The van der Waals surface area contributed by atoms with Crippen LogP contribution in [0.4, 0.5) is 17.1 Å². The Bertz CT molecular complexity index is 944. The second kappa shape index (κ2) is 7.89. The maximum absolute atomic E-state index is 12.5. The Kier molecular flexibility index (Phi) is 5.39. The van der Waals surface area contributed by atoms with Crippen molar-refractivity contribution < 1.29 is 9.53 Å². The molecule has 2 N–H and O–H groups in total. The van der Waals surface area contributed by atoms with Crippen LogP contribution in [0.25, 0.3) is 0 Å². The summed E-state index contributed by atoms with van der Waals surface area (Å²) in [7, 11) is 1.54. The summed E-state index contributed by atoms with van der Waals surface area (Å²) >= 11 is 6.09. The Morgan fingerprint density at radius 2 is 1.88 bits per heavy atom. The van der Waals surface area contributed by atoms with Crippen LogP contribution in [0.3, 0.4) is 0 Å². The van der Waals surface area contributed by atoms with E-state index in [1.165, 1.54) is 13.3 Å². The number of amides is 1. The summed E-state index contributed by atoms with van der Waals surface area (Å²) < 4.78 is 5.11. The number of pyridine rings is 1. The highest BCUT2D eigenvalue weighted by Gasteiger charge is 2.10. The Morgan fingerprint density at radius 3 is 2.62 bits per heavy atom. The lowest BCUT2D eigenvalue weighted by atomic mass is 10.2. The highest BCUT2D eigenvalue weighted by molar-refractivity contribution is 6.32. The van der Waals surface area contributed by atoms with Crippen LogP contribution < -0.4 is 15.4 Å². The Labute approximate surface area is 157 Å². The zero-order chi connectivity index (χ0) is 18.5. The number of halogens is 1. The van der Waals surface area contributed by atoms with E-state index < -0.39 is 0 Å². The molecular weight excluding hydrogens is 350 g/mol. The molecule has 0 bridgehead atoms. The molecule has 0 aliphatic rings. The largest absolute Gasteiger partial charge is 0.495 e. The Hall–Kier alpha value is -3.05. The smallest absolute Gasteiger partial charge is 0.257 e. The number of ether oxygens (including phenoxy) is 1. The number of rotatable bonds is 5. The van der Waals surface area contributed by atoms with Gasteiger partial charge in [-0.2, -0.15) is 0 Å². The van der Waals surface area contributed by atoms with Crippen molar-refractivity contribution in [3.05, 3.63) is 77.1 Å². The number of para-hydroxylation sites is 1. The summed E-state index contributed by atoms with van der Waals surface area (Å²) in [5.41, 5.74) is 3.83. The van der Waals surface area contributed by atoms with Crippen molar-refractivity contribution in [3.63, 3.8) is 0 Å². The standard InChI is InChI=1S/C20H18ClN3O2/c1-13-5-3-4-6-18(13)23-16-9-14(11-22-12-16)20(25)24-15-7-8-19(26-2)17(21)10-15/h3-12,23H,1-2H3,(H,24,25). The molecule has 0 aliphatic heterocycles. The molecule has 0 saturated carbocycles. The first-order valence-corrected chi connectivity index (χ1v) is 8.37. The molecule has 0 fully saturated rings. The van der Waals surface area contributed by atoms with E-state index in [9.17, 15) is 4.79 Å². The van der Waals surface area contributed by atoms with E-state index in [0.717, 1.165) is 16.9 Å². The van der Waals surface area contributed by atoms with E-state index in [0.29, 0.717) is 22.0 Å². The third-order valence-corrected chi connectivity index (χ3v) is 4.13. The van der Waals surface area contributed by atoms with Gasteiger partial charge in [0, 0.05) is 17.6 Å². The number of carbonyl (C=O) groups is 1. The molecule has 0 spiro atoms. The zero-order valence-corrected chi connectivity index (χ0v) is 15.2. The molecule has 132 valence electrons. The molecule has 6 heteroatoms. The molecule has 0 saturated heterocycles. The van der Waals surface area contributed by atoms with Crippen LogP contribution in [0.2, 0.25) is 5.02 Å². The van der Waals surface area contributed by atoms with E-state index in [2.05, 4.69) is 15.6 Å². The molecular formula is C20H18ClN3O2. The van der Waals surface area contributed by atoms with Crippen molar-refractivity contribution in [2.45, 2.75) is 6.92 Å². The van der Waals surface area contributed by atoms with Crippen LogP contribution in [0.15, 0.2) is 60.9 Å². The van der Waals surface area contributed by atoms with E-state index in [4.69, 9.17) is 16.3 Å². The van der Waals surface area contributed by atoms with Gasteiger partial charge in [-0.15, -0.1) is 0 Å². The molecule has 1 heterocycles. The molecule has 0 aliphatic carbocycles. The van der Waals surface area contributed by atoms with Gasteiger partial charge in [-0.05, 0) is 42.8 Å². The molecule has 1 amide bonds. The number of hydrogen-bond acceptors (Lipinski definition) is 4. The fraction of sp³-hybridized carbons (Fsp3) is 0.100. The van der Waals surface area contributed by atoms with Crippen LogP contribution >= 0.6 is 11.6 Å². The number of anilines is 3. The number of carbonyl (C=O) groups excluding carboxylic acids is 1. The van der Waals surface area contributed by atoms with Gasteiger partial charge in [0.25, 0.3) is 5.91 Å². The topological polar surface area (TPSA) is 63.2 Å². The Morgan fingerprint density at radius 1 is 1.08 bits per heavy atom. The van der Waals surface area contributed by atoms with Crippen molar-refractivity contribution in [2.24, 2.45) is 0 Å². The molecule has 3 aromatic rings. The summed E-state index contributed by atoms with van der Waals surface area (Å²) in [6.45, 7) is 2.01. The van der Waals surface area contributed by atoms with Crippen molar-refractivity contribution in [2.75, 3.05) is 17.7 Å². The number of nitrogens with zero attached hydrogens (tertiary/aromatic N) is 1. The fourth-order valence-electron chi connectivity index (χ4n) is 2.45.